The molecule has 2 heterocycles. The van der Waals surface area contributed by atoms with Crippen molar-refractivity contribution in [2.24, 2.45) is 0 Å². The van der Waals surface area contributed by atoms with Crippen LogP contribution in [0.3, 0.4) is 0 Å². The molecule has 0 spiro atoms. The van der Waals surface area contributed by atoms with E-state index in [2.05, 4.69) is 10.3 Å². The number of hydrogen-bond acceptors (Lipinski definition) is 5. The van der Waals surface area contributed by atoms with Crippen LogP contribution >= 0.6 is 0 Å². The predicted molar refractivity (Wildman–Crippen MR) is 114 cm³/mol. The van der Waals surface area contributed by atoms with Gasteiger partial charge in [0.25, 0.3) is 5.91 Å². The molecule has 1 aliphatic heterocycles. The zero-order chi connectivity index (χ0) is 20.7. The van der Waals surface area contributed by atoms with Gasteiger partial charge in [-0.3, -0.25) is 4.79 Å². The molecule has 0 saturated carbocycles. The maximum Gasteiger partial charge on any atom is 0.255 e. The largest absolute Gasteiger partial charge is 0.486 e. The summed E-state index contributed by atoms with van der Waals surface area (Å²) in [7, 11) is 0. The Kier molecular flexibility index (Phi) is 4.39. The molecule has 6 heteroatoms. The fourth-order valence-electron chi connectivity index (χ4n) is 3.43. The number of rotatable bonds is 3. The van der Waals surface area contributed by atoms with Crippen molar-refractivity contribution in [3.63, 3.8) is 0 Å². The van der Waals surface area contributed by atoms with Crippen LogP contribution in [-0.4, -0.2) is 24.1 Å². The van der Waals surface area contributed by atoms with Gasteiger partial charge in [-0.2, -0.15) is 0 Å². The molecule has 3 aromatic carbocycles. The SMILES string of the molecule is Cc1ccc2oc(-c3ccc(C)c(NC(=O)c4ccc5c(c4)OCCO5)c3)nc2c1. The molecule has 0 fully saturated rings. The molecule has 1 amide bonds. The number of nitrogens with one attached hydrogen (secondary N) is 1. The van der Waals surface area contributed by atoms with Crippen LogP contribution in [0.4, 0.5) is 5.69 Å². The van der Waals surface area contributed by atoms with Crippen LogP contribution in [-0.2, 0) is 0 Å². The Labute approximate surface area is 173 Å². The number of ether oxygens (including phenoxy) is 2. The number of nitrogens with zero attached hydrogens (tertiary/aromatic N) is 1. The van der Waals surface area contributed by atoms with Crippen LogP contribution in [0.5, 0.6) is 11.5 Å². The molecular weight excluding hydrogens is 380 g/mol. The minimum absolute atomic E-state index is 0.222. The van der Waals surface area contributed by atoms with Crippen molar-refractivity contribution in [3.05, 3.63) is 71.3 Å². The van der Waals surface area contributed by atoms with Crippen molar-refractivity contribution in [1.29, 1.82) is 0 Å². The number of anilines is 1. The second-order valence-electron chi connectivity index (χ2n) is 7.33. The summed E-state index contributed by atoms with van der Waals surface area (Å²) in [6.07, 6.45) is 0. The number of aromatic nitrogens is 1. The van der Waals surface area contributed by atoms with Gasteiger partial charge >= 0.3 is 0 Å². The molecule has 0 unspecified atom stereocenters. The van der Waals surface area contributed by atoms with Crippen LogP contribution in [0.2, 0.25) is 0 Å². The van der Waals surface area contributed by atoms with Crippen LogP contribution in [0.1, 0.15) is 21.5 Å². The van der Waals surface area contributed by atoms with E-state index in [-0.39, 0.29) is 5.91 Å². The van der Waals surface area contributed by atoms with Gasteiger partial charge in [-0.15, -0.1) is 0 Å². The van der Waals surface area contributed by atoms with Crippen molar-refractivity contribution >= 4 is 22.7 Å². The Bertz CT molecular complexity index is 1280. The zero-order valence-corrected chi connectivity index (χ0v) is 16.7. The van der Waals surface area contributed by atoms with Crippen LogP contribution < -0.4 is 14.8 Å². The Hall–Kier alpha value is -3.80. The highest BCUT2D eigenvalue weighted by Crippen LogP contribution is 2.32. The number of amides is 1. The summed E-state index contributed by atoms with van der Waals surface area (Å²) in [6.45, 7) is 4.95. The lowest BCUT2D eigenvalue weighted by Gasteiger charge is -2.18. The zero-order valence-electron chi connectivity index (χ0n) is 16.7. The van der Waals surface area contributed by atoms with Gasteiger partial charge in [0, 0.05) is 16.8 Å². The number of benzene rings is 3. The third kappa shape index (κ3) is 3.37. The molecule has 0 atom stereocenters. The van der Waals surface area contributed by atoms with Crippen molar-refractivity contribution in [2.75, 3.05) is 18.5 Å². The molecule has 5 rings (SSSR count). The Morgan fingerprint density at radius 1 is 0.933 bits per heavy atom. The molecule has 4 aromatic rings. The first-order valence-electron chi connectivity index (χ1n) is 9.76. The lowest BCUT2D eigenvalue weighted by atomic mass is 10.1. The molecular formula is C24H20N2O4. The van der Waals surface area contributed by atoms with E-state index in [1.807, 2.05) is 50.2 Å². The molecule has 1 N–H and O–H groups in total. The first-order chi connectivity index (χ1) is 14.6. The highest BCUT2D eigenvalue weighted by Gasteiger charge is 2.16. The van der Waals surface area contributed by atoms with Gasteiger partial charge in [0.1, 0.15) is 18.7 Å². The van der Waals surface area contributed by atoms with Crippen molar-refractivity contribution < 1.29 is 18.7 Å². The molecule has 6 nitrogen and oxygen atoms in total. The van der Waals surface area contributed by atoms with Gasteiger partial charge in [0.2, 0.25) is 5.89 Å². The van der Waals surface area contributed by atoms with Gasteiger partial charge in [-0.25, -0.2) is 4.98 Å². The van der Waals surface area contributed by atoms with Gasteiger partial charge in [0.15, 0.2) is 17.1 Å². The van der Waals surface area contributed by atoms with E-state index in [0.29, 0.717) is 41.9 Å². The normalized spacial score (nSPS) is 12.7. The number of hydrogen-bond donors (Lipinski definition) is 1. The van der Waals surface area contributed by atoms with E-state index < -0.39 is 0 Å². The summed E-state index contributed by atoms with van der Waals surface area (Å²) in [6, 6.07) is 16.8. The lowest BCUT2D eigenvalue weighted by Crippen LogP contribution is -2.17. The molecule has 1 aliphatic rings. The fraction of sp³-hybridized carbons (Fsp3) is 0.167. The highest BCUT2D eigenvalue weighted by atomic mass is 16.6. The highest BCUT2D eigenvalue weighted by molar-refractivity contribution is 6.05. The topological polar surface area (TPSA) is 73.6 Å². The summed E-state index contributed by atoms with van der Waals surface area (Å²) in [4.78, 5) is 17.4. The molecule has 150 valence electrons. The first-order valence-corrected chi connectivity index (χ1v) is 9.76. The third-order valence-electron chi connectivity index (χ3n) is 5.08. The molecule has 0 saturated heterocycles. The van der Waals surface area contributed by atoms with E-state index in [1.165, 1.54) is 0 Å². The second kappa shape index (κ2) is 7.22. The number of carbonyl (C=O) groups is 1. The quantitative estimate of drug-likeness (QED) is 0.516. The number of carbonyl (C=O) groups excluding carboxylic acids is 1. The predicted octanol–water partition coefficient (Wildman–Crippen LogP) is 5.14. The average molecular weight is 400 g/mol. The van der Waals surface area contributed by atoms with Crippen molar-refractivity contribution in [2.45, 2.75) is 13.8 Å². The van der Waals surface area contributed by atoms with E-state index in [9.17, 15) is 4.79 Å². The summed E-state index contributed by atoms with van der Waals surface area (Å²) < 4.78 is 17.0. The number of oxazole rings is 1. The minimum Gasteiger partial charge on any atom is -0.486 e. The maximum atomic E-state index is 12.8. The molecule has 0 radical (unpaired) electrons. The van der Waals surface area contributed by atoms with Gasteiger partial charge < -0.3 is 19.2 Å². The molecule has 30 heavy (non-hydrogen) atoms. The fourth-order valence-corrected chi connectivity index (χ4v) is 3.43. The van der Waals surface area contributed by atoms with Crippen LogP contribution in [0.15, 0.2) is 59.0 Å². The first kappa shape index (κ1) is 18.2. The van der Waals surface area contributed by atoms with E-state index in [0.717, 1.165) is 27.8 Å². The molecule has 1 aromatic heterocycles. The summed E-state index contributed by atoms with van der Waals surface area (Å²) in [5, 5.41) is 2.98. The van der Waals surface area contributed by atoms with Gasteiger partial charge in [-0.05, 0) is 67.4 Å². The lowest BCUT2D eigenvalue weighted by molar-refractivity contribution is 0.102. The standard InChI is InChI=1S/C24H20N2O4/c1-14-3-7-20-19(11-14)26-24(30-20)17-5-4-15(2)18(12-17)25-23(27)16-6-8-21-22(13-16)29-10-9-28-21/h3-8,11-13H,9-10H2,1-2H3,(H,25,27). The monoisotopic (exact) mass is 400 g/mol. The second-order valence-corrected chi connectivity index (χ2v) is 7.33. The van der Waals surface area contributed by atoms with E-state index >= 15 is 0 Å². The van der Waals surface area contributed by atoms with E-state index in [1.54, 1.807) is 18.2 Å². The van der Waals surface area contributed by atoms with Crippen molar-refractivity contribution in [3.8, 4) is 23.0 Å². The average Bonchev–Trinajstić information content (AvgIpc) is 3.18. The summed E-state index contributed by atoms with van der Waals surface area (Å²) >= 11 is 0. The van der Waals surface area contributed by atoms with E-state index in [4.69, 9.17) is 13.9 Å². The van der Waals surface area contributed by atoms with Crippen LogP contribution in [0, 0.1) is 13.8 Å². The Balaban J connectivity index is 1.44. The van der Waals surface area contributed by atoms with Crippen LogP contribution in [0.25, 0.3) is 22.6 Å². The molecule has 0 aliphatic carbocycles. The summed E-state index contributed by atoms with van der Waals surface area (Å²) in [5.41, 5.74) is 5.61. The van der Waals surface area contributed by atoms with Gasteiger partial charge in [0.05, 0.1) is 0 Å². The molecule has 0 bridgehead atoms. The third-order valence-corrected chi connectivity index (χ3v) is 5.08. The van der Waals surface area contributed by atoms with Crippen molar-refractivity contribution in [1.82, 2.24) is 4.98 Å². The number of fused-ring (bicyclic) bond motifs is 2. The smallest absolute Gasteiger partial charge is 0.255 e. The van der Waals surface area contributed by atoms with Gasteiger partial charge in [-0.1, -0.05) is 12.1 Å². The number of aryl methyl sites for hydroxylation is 2. The maximum absolute atomic E-state index is 12.8. The Morgan fingerprint density at radius 2 is 1.77 bits per heavy atom. The Morgan fingerprint density at radius 3 is 2.63 bits per heavy atom. The minimum atomic E-state index is -0.222. The summed E-state index contributed by atoms with van der Waals surface area (Å²) in [5.74, 6) is 1.54.